The van der Waals surface area contributed by atoms with Crippen molar-refractivity contribution in [2.45, 2.75) is 24.0 Å². The third kappa shape index (κ3) is 6.46. The first-order valence-corrected chi connectivity index (χ1v) is 12.9. The summed E-state index contributed by atoms with van der Waals surface area (Å²) in [7, 11) is -4.06. The summed E-state index contributed by atoms with van der Waals surface area (Å²) < 4.78 is 27.5. The van der Waals surface area contributed by atoms with Gasteiger partial charge in [0.05, 0.1) is 4.90 Å². The van der Waals surface area contributed by atoms with Crippen LogP contribution >= 0.6 is 0 Å². The van der Waals surface area contributed by atoms with Crippen LogP contribution in [0.25, 0.3) is 0 Å². The van der Waals surface area contributed by atoms with Gasteiger partial charge in [0.25, 0.3) is 10.0 Å². The minimum atomic E-state index is -4.06. The van der Waals surface area contributed by atoms with Gasteiger partial charge in [-0.25, -0.2) is 17.9 Å². The van der Waals surface area contributed by atoms with Crippen molar-refractivity contribution in [2.75, 3.05) is 19.6 Å². The minimum Gasteiger partial charge on any atom is -0.350 e. The highest BCUT2D eigenvalue weighted by atomic mass is 32.2. The molecule has 2 N–H and O–H groups in total. The standard InChI is InChI=1S/C26H28N4O4S/c31-25(27-18-21-10-4-1-5-11-21)24-20-29(19-22-12-6-2-7-13-22)16-17-30(24)26(32)28-35(33,34)23-14-8-3-9-15-23/h1-15,24H,16-20H2,(H,27,31)(H,28,32). The van der Waals surface area contributed by atoms with Gasteiger partial charge in [-0.2, -0.15) is 0 Å². The van der Waals surface area contributed by atoms with E-state index in [1.165, 1.54) is 17.0 Å². The first-order chi connectivity index (χ1) is 16.9. The van der Waals surface area contributed by atoms with E-state index in [0.29, 0.717) is 19.6 Å². The molecule has 1 aliphatic rings. The lowest BCUT2D eigenvalue weighted by atomic mass is 10.1. The van der Waals surface area contributed by atoms with E-state index >= 15 is 0 Å². The lowest BCUT2D eigenvalue weighted by Gasteiger charge is -2.40. The number of benzene rings is 3. The number of nitrogens with zero attached hydrogens (tertiary/aromatic N) is 2. The first-order valence-electron chi connectivity index (χ1n) is 11.4. The van der Waals surface area contributed by atoms with E-state index < -0.39 is 22.1 Å². The molecule has 0 spiro atoms. The SMILES string of the molecule is O=C(NCc1ccccc1)C1CN(Cc2ccccc2)CCN1C(=O)NS(=O)(=O)c1ccccc1. The van der Waals surface area contributed by atoms with Gasteiger partial charge in [-0.05, 0) is 23.3 Å². The molecule has 0 radical (unpaired) electrons. The van der Waals surface area contributed by atoms with E-state index in [1.807, 2.05) is 60.7 Å². The predicted molar refractivity (Wildman–Crippen MR) is 133 cm³/mol. The maximum atomic E-state index is 13.2. The van der Waals surface area contributed by atoms with E-state index in [9.17, 15) is 18.0 Å². The Labute approximate surface area is 205 Å². The Kier molecular flexibility index (Phi) is 7.79. The van der Waals surface area contributed by atoms with Crippen molar-refractivity contribution in [3.05, 3.63) is 102 Å². The molecular formula is C26H28N4O4S. The number of nitrogens with one attached hydrogen (secondary N) is 2. The van der Waals surface area contributed by atoms with Crippen molar-refractivity contribution < 1.29 is 18.0 Å². The number of carbonyl (C=O) groups is 2. The second-order valence-corrected chi connectivity index (χ2v) is 10.0. The topological polar surface area (TPSA) is 98.8 Å². The van der Waals surface area contributed by atoms with E-state index in [4.69, 9.17) is 0 Å². The summed E-state index contributed by atoms with van der Waals surface area (Å²) in [6, 6.07) is 25.4. The highest BCUT2D eigenvalue weighted by Crippen LogP contribution is 2.16. The van der Waals surface area contributed by atoms with Crippen LogP contribution in [0.4, 0.5) is 4.79 Å². The Hall–Kier alpha value is -3.69. The Balaban J connectivity index is 1.49. The molecule has 1 fully saturated rings. The maximum Gasteiger partial charge on any atom is 0.332 e. The molecule has 35 heavy (non-hydrogen) atoms. The molecule has 3 amide bonds. The number of sulfonamides is 1. The summed E-state index contributed by atoms with van der Waals surface area (Å²) in [5.41, 5.74) is 2.03. The molecule has 0 aliphatic carbocycles. The summed E-state index contributed by atoms with van der Waals surface area (Å²) in [6.07, 6.45) is 0. The fraction of sp³-hybridized carbons (Fsp3) is 0.231. The van der Waals surface area contributed by atoms with Gasteiger partial charge >= 0.3 is 6.03 Å². The van der Waals surface area contributed by atoms with Crippen molar-refractivity contribution >= 4 is 22.0 Å². The van der Waals surface area contributed by atoms with Gasteiger partial charge in [-0.3, -0.25) is 9.69 Å². The Morgan fingerprint density at radius 1 is 0.800 bits per heavy atom. The molecule has 0 saturated carbocycles. The molecule has 4 rings (SSSR count). The molecule has 9 heteroatoms. The monoisotopic (exact) mass is 492 g/mol. The molecule has 0 bridgehead atoms. The number of hydrogen-bond donors (Lipinski definition) is 2. The molecular weight excluding hydrogens is 464 g/mol. The van der Waals surface area contributed by atoms with Gasteiger partial charge in [0.15, 0.2) is 0 Å². The van der Waals surface area contributed by atoms with Gasteiger partial charge in [0, 0.05) is 32.7 Å². The lowest BCUT2D eigenvalue weighted by Crippen LogP contribution is -2.62. The number of hydrogen-bond acceptors (Lipinski definition) is 5. The third-order valence-corrected chi connectivity index (χ3v) is 7.20. The van der Waals surface area contributed by atoms with Gasteiger partial charge in [0.1, 0.15) is 6.04 Å². The van der Waals surface area contributed by atoms with Crippen LogP contribution in [0.3, 0.4) is 0 Å². The molecule has 3 aromatic carbocycles. The van der Waals surface area contributed by atoms with E-state index in [-0.39, 0.29) is 23.9 Å². The second-order valence-electron chi connectivity index (χ2n) is 8.36. The zero-order chi connectivity index (χ0) is 24.7. The summed E-state index contributed by atoms with van der Waals surface area (Å²) in [6.45, 7) is 1.95. The molecule has 8 nitrogen and oxygen atoms in total. The average molecular weight is 493 g/mol. The van der Waals surface area contributed by atoms with Gasteiger partial charge in [-0.15, -0.1) is 0 Å². The molecule has 182 valence electrons. The fourth-order valence-electron chi connectivity index (χ4n) is 4.03. The number of carbonyl (C=O) groups excluding carboxylic acids is 2. The lowest BCUT2D eigenvalue weighted by molar-refractivity contribution is -0.127. The smallest absolute Gasteiger partial charge is 0.332 e. The predicted octanol–water partition coefficient (Wildman–Crippen LogP) is 2.59. The van der Waals surface area contributed by atoms with Crippen molar-refractivity contribution in [1.29, 1.82) is 0 Å². The summed E-state index contributed by atoms with van der Waals surface area (Å²) in [5.74, 6) is -0.334. The molecule has 1 heterocycles. The van der Waals surface area contributed by atoms with E-state index in [0.717, 1.165) is 11.1 Å². The Morgan fingerprint density at radius 3 is 2.00 bits per heavy atom. The molecule has 0 aromatic heterocycles. The van der Waals surface area contributed by atoms with Crippen LogP contribution in [0.5, 0.6) is 0 Å². The van der Waals surface area contributed by atoms with Crippen molar-refractivity contribution in [1.82, 2.24) is 19.8 Å². The zero-order valence-electron chi connectivity index (χ0n) is 19.2. The van der Waals surface area contributed by atoms with Crippen LogP contribution in [-0.2, 0) is 27.9 Å². The quantitative estimate of drug-likeness (QED) is 0.528. The van der Waals surface area contributed by atoms with Crippen molar-refractivity contribution in [3.8, 4) is 0 Å². The van der Waals surface area contributed by atoms with E-state index in [2.05, 4.69) is 14.9 Å². The number of piperazine rings is 1. The van der Waals surface area contributed by atoms with Crippen LogP contribution in [0.1, 0.15) is 11.1 Å². The van der Waals surface area contributed by atoms with Crippen LogP contribution in [0, 0.1) is 0 Å². The van der Waals surface area contributed by atoms with Crippen molar-refractivity contribution in [2.24, 2.45) is 0 Å². The molecule has 1 atom stereocenters. The first kappa shape index (κ1) is 24.4. The third-order valence-electron chi connectivity index (χ3n) is 5.86. The summed E-state index contributed by atoms with van der Waals surface area (Å²) in [4.78, 5) is 29.7. The van der Waals surface area contributed by atoms with Gasteiger partial charge < -0.3 is 10.2 Å². The largest absolute Gasteiger partial charge is 0.350 e. The number of amides is 3. The molecule has 3 aromatic rings. The molecule has 1 aliphatic heterocycles. The highest BCUT2D eigenvalue weighted by Gasteiger charge is 2.36. The van der Waals surface area contributed by atoms with Gasteiger partial charge in [-0.1, -0.05) is 78.9 Å². The summed E-state index contributed by atoms with van der Waals surface area (Å²) in [5, 5.41) is 2.90. The fourth-order valence-corrected chi connectivity index (χ4v) is 5.01. The number of rotatable bonds is 7. The number of urea groups is 1. The van der Waals surface area contributed by atoms with Crippen LogP contribution < -0.4 is 10.0 Å². The van der Waals surface area contributed by atoms with Gasteiger partial charge in [0.2, 0.25) is 5.91 Å². The van der Waals surface area contributed by atoms with Crippen LogP contribution in [0.2, 0.25) is 0 Å². The van der Waals surface area contributed by atoms with Crippen molar-refractivity contribution in [3.63, 3.8) is 0 Å². The normalized spacial score (nSPS) is 16.5. The second kappa shape index (κ2) is 11.2. The Morgan fingerprint density at radius 2 is 1.37 bits per heavy atom. The molecule has 1 unspecified atom stereocenters. The molecule has 1 saturated heterocycles. The highest BCUT2D eigenvalue weighted by molar-refractivity contribution is 7.90. The average Bonchev–Trinajstić information content (AvgIpc) is 2.88. The summed E-state index contributed by atoms with van der Waals surface area (Å²) >= 11 is 0. The maximum absolute atomic E-state index is 13.2. The zero-order valence-corrected chi connectivity index (χ0v) is 20.0. The minimum absolute atomic E-state index is 0.0128. The van der Waals surface area contributed by atoms with Crippen LogP contribution in [-0.4, -0.2) is 55.8 Å². The van der Waals surface area contributed by atoms with Crippen LogP contribution in [0.15, 0.2) is 95.9 Å². The van der Waals surface area contributed by atoms with E-state index in [1.54, 1.807) is 18.2 Å². The Bertz CT molecular complexity index is 1240.